The maximum atomic E-state index is 10.5. The Hall–Kier alpha value is -1.65. The number of nitro groups is 1. The highest BCUT2D eigenvalue weighted by molar-refractivity contribution is 5.44. The number of hydrogen-bond acceptors (Lipinski definition) is 4. The molecule has 16 heavy (non-hydrogen) atoms. The molecule has 0 aliphatic rings. The van der Waals surface area contributed by atoms with E-state index in [1.54, 1.807) is 0 Å². The highest BCUT2D eigenvalue weighted by Crippen LogP contribution is 2.19. The minimum Gasteiger partial charge on any atom is -0.370 e. The molecule has 0 amide bonds. The number of rotatable bonds is 4. The van der Waals surface area contributed by atoms with Gasteiger partial charge in [0.05, 0.1) is 11.0 Å². The van der Waals surface area contributed by atoms with Crippen LogP contribution in [0.3, 0.4) is 0 Å². The van der Waals surface area contributed by atoms with E-state index in [-0.39, 0.29) is 11.1 Å². The van der Waals surface area contributed by atoms with Gasteiger partial charge < -0.3 is 5.32 Å². The lowest BCUT2D eigenvalue weighted by Crippen LogP contribution is -2.13. The molecule has 0 aliphatic carbocycles. The van der Waals surface area contributed by atoms with Gasteiger partial charge in [-0.1, -0.05) is 20.8 Å². The molecule has 1 N–H and O–H groups in total. The molecule has 0 aliphatic heterocycles. The maximum Gasteiger partial charge on any atom is 0.274 e. The Balaban J connectivity index is 2.55. The molecule has 0 aromatic carbocycles. The van der Waals surface area contributed by atoms with Gasteiger partial charge in [-0.25, -0.2) is 4.98 Å². The number of hydrogen-bond donors (Lipinski definition) is 1. The fourth-order valence-electron chi connectivity index (χ4n) is 1.20. The zero-order valence-electron chi connectivity index (χ0n) is 9.86. The molecule has 0 bridgehead atoms. The van der Waals surface area contributed by atoms with E-state index < -0.39 is 4.92 Å². The smallest absolute Gasteiger partial charge is 0.274 e. The van der Waals surface area contributed by atoms with Crippen molar-refractivity contribution >= 4 is 11.5 Å². The van der Waals surface area contributed by atoms with E-state index in [1.165, 1.54) is 18.3 Å². The molecule has 0 saturated heterocycles. The lowest BCUT2D eigenvalue weighted by Gasteiger charge is -2.18. The molecule has 5 nitrogen and oxygen atoms in total. The Morgan fingerprint density at radius 2 is 2.19 bits per heavy atom. The molecule has 0 unspecified atom stereocenters. The van der Waals surface area contributed by atoms with Crippen LogP contribution < -0.4 is 5.32 Å². The summed E-state index contributed by atoms with van der Waals surface area (Å²) in [6.07, 6.45) is 2.43. The van der Waals surface area contributed by atoms with Crippen molar-refractivity contribution in [1.82, 2.24) is 4.98 Å². The second-order valence-electron chi connectivity index (χ2n) is 4.89. The molecule has 0 saturated carbocycles. The van der Waals surface area contributed by atoms with Crippen molar-refractivity contribution in [3.8, 4) is 0 Å². The second kappa shape index (κ2) is 4.92. The molecule has 0 spiro atoms. The van der Waals surface area contributed by atoms with Crippen LogP contribution in [0.1, 0.15) is 27.2 Å². The first-order valence-electron chi connectivity index (χ1n) is 5.23. The largest absolute Gasteiger partial charge is 0.370 e. The van der Waals surface area contributed by atoms with E-state index in [4.69, 9.17) is 0 Å². The Morgan fingerprint density at radius 3 is 2.75 bits per heavy atom. The summed E-state index contributed by atoms with van der Waals surface area (Å²) in [7, 11) is 0. The summed E-state index contributed by atoms with van der Waals surface area (Å²) in [5.74, 6) is 0.554. The average molecular weight is 223 g/mol. The van der Waals surface area contributed by atoms with Crippen LogP contribution in [0.2, 0.25) is 0 Å². The Bertz CT molecular complexity index is 372. The molecule has 1 rings (SSSR count). The summed E-state index contributed by atoms with van der Waals surface area (Å²) in [5, 5.41) is 13.6. The van der Waals surface area contributed by atoms with Gasteiger partial charge in [-0.05, 0) is 11.8 Å². The maximum absolute atomic E-state index is 10.5. The van der Waals surface area contributed by atoms with Crippen LogP contribution in [-0.2, 0) is 0 Å². The Labute approximate surface area is 95.0 Å². The summed E-state index contributed by atoms with van der Waals surface area (Å²) < 4.78 is 0. The van der Waals surface area contributed by atoms with E-state index in [9.17, 15) is 10.1 Å². The van der Waals surface area contributed by atoms with Crippen molar-refractivity contribution in [2.75, 3.05) is 11.9 Å². The summed E-state index contributed by atoms with van der Waals surface area (Å²) in [4.78, 5) is 14.1. The van der Waals surface area contributed by atoms with Gasteiger partial charge in [-0.15, -0.1) is 0 Å². The third-order valence-corrected chi connectivity index (χ3v) is 2.14. The second-order valence-corrected chi connectivity index (χ2v) is 4.89. The van der Waals surface area contributed by atoms with E-state index in [0.717, 1.165) is 13.0 Å². The van der Waals surface area contributed by atoms with E-state index in [2.05, 4.69) is 31.1 Å². The van der Waals surface area contributed by atoms with Crippen molar-refractivity contribution in [1.29, 1.82) is 0 Å². The van der Waals surface area contributed by atoms with Crippen LogP contribution in [0, 0.1) is 15.5 Å². The summed E-state index contributed by atoms with van der Waals surface area (Å²) in [6.45, 7) is 7.21. The Kier molecular flexibility index (Phi) is 3.82. The first-order valence-corrected chi connectivity index (χ1v) is 5.23. The topological polar surface area (TPSA) is 68.1 Å². The van der Waals surface area contributed by atoms with Gasteiger partial charge in [0.25, 0.3) is 5.69 Å². The predicted molar refractivity (Wildman–Crippen MR) is 63.5 cm³/mol. The number of nitrogens with one attached hydrogen (secondary N) is 1. The fourth-order valence-corrected chi connectivity index (χ4v) is 1.20. The van der Waals surface area contributed by atoms with Gasteiger partial charge in [0.1, 0.15) is 5.82 Å². The molecule has 0 radical (unpaired) electrons. The highest BCUT2D eigenvalue weighted by atomic mass is 16.6. The molecule has 1 heterocycles. The molecule has 1 aromatic rings. The van der Waals surface area contributed by atoms with Crippen LogP contribution in [-0.4, -0.2) is 16.5 Å². The first kappa shape index (κ1) is 12.4. The normalized spacial score (nSPS) is 11.2. The van der Waals surface area contributed by atoms with Crippen molar-refractivity contribution in [3.05, 3.63) is 28.4 Å². The van der Waals surface area contributed by atoms with Crippen LogP contribution in [0.5, 0.6) is 0 Å². The van der Waals surface area contributed by atoms with Gasteiger partial charge in [0.15, 0.2) is 0 Å². The van der Waals surface area contributed by atoms with Crippen molar-refractivity contribution < 1.29 is 4.92 Å². The summed E-state index contributed by atoms with van der Waals surface area (Å²) in [6, 6.07) is 2.83. The molecular formula is C11H17N3O2. The van der Waals surface area contributed by atoms with Gasteiger partial charge in [-0.3, -0.25) is 10.1 Å². The van der Waals surface area contributed by atoms with Gasteiger partial charge in [-0.2, -0.15) is 0 Å². The monoisotopic (exact) mass is 223 g/mol. The lowest BCUT2D eigenvalue weighted by molar-refractivity contribution is -0.384. The van der Waals surface area contributed by atoms with Gasteiger partial charge >= 0.3 is 0 Å². The molecule has 5 heteroatoms. The standard InChI is InChI=1S/C11H17N3O2/c1-11(2,3)5-7-13-10-8-9(14(15)16)4-6-12-10/h4,6,8H,5,7H2,1-3H3,(H,12,13). The zero-order valence-corrected chi connectivity index (χ0v) is 9.86. The van der Waals surface area contributed by atoms with Crippen LogP contribution >= 0.6 is 0 Å². The van der Waals surface area contributed by atoms with Crippen LogP contribution in [0.15, 0.2) is 18.3 Å². The van der Waals surface area contributed by atoms with Crippen molar-refractivity contribution in [2.24, 2.45) is 5.41 Å². The lowest BCUT2D eigenvalue weighted by atomic mass is 9.92. The molecule has 1 aromatic heterocycles. The summed E-state index contributed by atoms with van der Waals surface area (Å²) >= 11 is 0. The van der Waals surface area contributed by atoms with Crippen molar-refractivity contribution in [2.45, 2.75) is 27.2 Å². The van der Waals surface area contributed by atoms with Crippen molar-refractivity contribution in [3.63, 3.8) is 0 Å². The van der Waals surface area contributed by atoms with Gasteiger partial charge in [0, 0.05) is 18.8 Å². The quantitative estimate of drug-likeness (QED) is 0.629. The number of pyridine rings is 1. The fraction of sp³-hybridized carbons (Fsp3) is 0.545. The minimum absolute atomic E-state index is 0.0632. The first-order chi connectivity index (χ1) is 7.38. The predicted octanol–water partition coefficient (Wildman–Crippen LogP) is 2.84. The number of nitrogens with zero attached hydrogens (tertiary/aromatic N) is 2. The zero-order chi connectivity index (χ0) is 12.2. The van der Waals surface area contributed by atoms with Gasteiger partial charge in [0.2, 0.25) is 0 Å². The molecule has 0 fully saturated rings. The average Bonchev–Trinajstić information content (AvgIpc) is 2.16. The van der Waals surface area contributed by atoms with Crippen LogP contribution in [0.25, 0.3) is 0 Å². The highest BCUT2D eigenvalue weighted by Gasteiger charge is 2.10. The summed E-state index contributed by atoms with van der Waals surface area (Å²) in [5.41, 5.74) is 0.307. The SMILES string of the molecule is CC(C)(C)CCNc1cc([N+](=O)[O-])ccn1. The Morgan fingerprint density at radius 1 is 1.50 bits per heavy atom. The number of anilines is 1. The van der Waals surface area contributed by atoms with E-state index in [1.807, 2.05) is 0 Å². The minimum atomic E-state index is -0.420. The molecular weight excluding hydrogens is 206 g/mol. The third-order valence-electron chi connectivity index (χ3n) is 2.14. The third kappa shape index (κ3) is 4.25. The molecule has 88 valence electrons. The van der Waals surface area contributed by atoms with E-state index >= 15 is 0 Å². The van der Waals surface area contributed by atoms with Crippen LogP contribution in [0.4, 0.5) is 11.5 Å². The van der Waals surface area contributed by atoms with E-state index in [0.29, 0.717) is 5.82 Å². The number of aromatic nitrogens is 1. The molecule has 0 atom stereocenters.